The van der Waals surface area contributed by atoms with Crippen molar-refractivity contribution in [2.75, 3.05) is 11.5 Å². The van der Waals surface area contributed by atoms with Crippen molar-refractivity contribution >= 4 is 45.2 Å². The number of hydrogen-bond acceptors (Lipinski definition) is 5. The molecule has 8 rings (SSSR count). The van der Waals surface area contributed by atoms with Crippen molar-refractivity contribution < 1.29 is 23.9 Å². The Bertz CT molecular complexity index is 1680. The number of Topliss-reactive ketones (excluding diaryl/α,β-unsaturated/α-hetero) is 1. The van der Waals surface area contributed by atoms with Crippen LogP contribution in [-0.2, 0) is 18.7 Å². The highest BCUT2D eigenvalue weighted by Crippen LogP contribution is 2.66. The van der Waals surface area contributed by atoms with E-state index in [1.165, 1.54) is 17.0 Å². The Labute approximate surface area is 238 Å². The summed E-state index contributed by atoms with van der Waals surface area (Å²) in [4.78, 5) is 54.7. The maximum Gasteiger partial charge on any atom is 0.338 e. The third-order valence-corrected chi connectivity index (χ3v) is 9.63. The summed E-state index contributed by atoms with van der Waals surface area (Å²) in [5.74, 6) is -3.13. The van der Waals surface area contributed by atoms with Gasteiger partial charge in [0.1, 0.15) is 0 Å². The summed E-state index contributed by atoms with van der Waals surface area (Å²) in [7, 11) is 0. The third-order valence-electron chi connectivity index (χ3n) is 8.28. The SMILES string of the molecule is O=C(COC(=O)c1cccc(N2C(=O)[C@H]3C4c5ccccc5C(Br)(c5ccccc54)[C@H]3C2=O)c1)c1ccccc1. The van der Waals surface area contributed by atoms with Gasteiger partial charge in [0.15, 0.2) is 12.4 Å². The van der Waals surface area contributed by atoms with E-state index in [1.807, 2.05) is 48.5 Å². The highest BCUT2D eigenvalue weighted by atomic mass is 79.9. The van der Waals surface area contributed by atoms with Gasteiger partial charge < -0.3 is 4.74 Å². The van der Waals surface area contributed by atoms with Gasteiger partial charge in [0.25, 0.3) is 0 Å². The number of ketones is 1. The zero-order valence-corrected chi connectivity index (χ0v) is 22.7. The van der Waals surface area contributed by atoms with E-state index in [0.29, 0.717) is 11.3 Å². The first-order valence-corrected chi connectivity index (χ1v) is 13.8. The van der Waals surface area contributed by atoms with Crippen LogP contribution in [0.3, 0.4) is 0 Å². The van der Waals surface area contributed by atoms with Crippen LogP contribution in [0.25, 0.3) is 0 Å². The molecule has 0 radical (unpaired) electrons. The molecule has 1 aliphatic heterocycles. The molecule has 1 fully saturated rings. The van der Waals surface area contributed by atoms with Gasteiger partial charge in [0.05, 0.1) is 27.4 Å². The third kappa shape index (κ3) is 3.40. The van der Waals surface area contributed by atoms with Crippen molar-refractivity contribution in [3.63, 3.8) is 0 Å². The lowest BCUT2D eigenvalue weighted by atomic mass is 9.55. The van der Waals surface area contributed by atoms with Crippen LogP contribution >= 0.6 is 15.9 Å². The van der Waals surface area contributed by atoms with Crippen LogP contribution in [0.4, 0.5) is 5.69 Å². The Hall–Kier alpha value is -4.36. The predicted molar refractivity (Wildman–Crippen MR) is 151 cm³/mol. The van der Waals surface area contributed by atoms with Crippen LogP contribution < -0.4 is 4.90 Å². The largest absolute Gasteiger partial charge is 0.454 e. The summed E-state index contributed by atoms with van der Waals surface area (Å²) in [6.45, 7) is -0.414. The predicted octanol–water partition coefficient (Wildman–Crippen LogP) is 5.63. The highest BCUT2D eigenvalue weighted by molar-refractivity contribution is 9.09. The van der Waals surface area contributed by atoms with Crippen molar-refractivity contribution in [1.29, 1.82) is 0 Å². The molecule has 4 aromatic rings. The number of rotatable bonds is 5. The second-order valence-electron chi connectivity index (χ2n) is 10.3. The van der Waals surface area contributed by atoms with E-state index in [9.17, 15) is 19.2 Å². The second kappa shape index (κ2) is 9.10. The summed E-state index contributed by atoms with van der Waals surface area (Å²) in [5, 5.41) is 0. The lowest BCUT2D eigenvalue weighted by Crippen LogP contribution is -2.50. The topological polar surface area (TPSA) is 80.8 Å². The van der Waals surface area contributed by atoms with Crippen LogP contribution in [0.5, 0.6) is 0 Å². The van der Waals surface area contributed by atoms with E-state index in [0.717, 1.165) is 22.3 Å². The lowest BCUT2D eigenvalue weighted by Gasteiger charge is -2.51. The number of anilines is 1. The molecular weight excluding hydrogens is 570 g/mol. The second-order valence-corrected chi connectivity index (χ2v) is 11.5. The Morgan fingerprint density at radius 2 is 1.35 bits per heavy atom. The van der Waals surface area contributed by atoms with Gasteiger partial charge in [-0.05, 0) is 40.5 Å². The number of esters is 1. The molecule has 0 N–H and O–H groups in total. The van der Waals surface area contributed by atoms with E-state index in [-0.39, 0.29) is 29.1 Å². The Kier molecular flexibility index (Phi) is 5.61. The van der Waals surface area contributed by atoms with Gasteiger partial charge >= 0.3 is 5.97 Å². The maximum absolute atomic E-state index is 14.1. The van der Waals surface area contributed by atoms with Crippen molar-refractivity contribution in [3.05, 3.63) is 137 Å². The standard InChI is InChI=1S/C33H22BrNO5/c34-33-24-15-6-4-13-22(24)27(23-14-5-7-16-25(23)33)28-29(33)31(38)35(30(28)37)21-12-8-11-20(17-21)32(39)40-18-26(36)19-9-2-1-3-10-19/h1-17,27-29H,18H2/t27?,28-,29+,33?/m0/s1. The number of hydrogen-bond donors (Lipinski definition) is 0. The number of benzene rings is 4. The summed E-state index contributed by atoms with van der Waals surface area (Å²) in [6.07, 6.45) is 0. The van der Waals surface area contributed by atoms with Gasteiger partial charge in [-0.2, -0.15) is 0 Å². The van der Waals surface area contributed by atoms with Crippen LogP contribution in [-0.4, -0.2) is 30.2 Å². The molecule has 2 bridgehead atoms. The Morgan fingerprint density at radius 1 is 0.750 bits per heavy atom. The van der Waals surface area contributed by atoms with Crippen molar-refractivity contribution in [2.24, 2.45) is 11.8 Å². The Morgan fingerprint density at radius 3 is 2.02 bits per heavy atom. The van der Waals surface area contributed by atoms with Gasteiger partial charge in [-0.25, -0.2) is 9.69 Å². The van der Waals surface area contributed by atoms with E-state index in [2.05, 4.69) is 15.9 Å². The van der Waals surface area contributed by atoms with Gasteiger partial charge in [-0.1, -0.05) is 101 Å². The minimum absolute atomic E-state index is 0.150. The molecule has 0 unspecified atom stereocenters. The molecule has 0 aromatic heterocycles. The summed E-state index contributed by atoms with van der Waals surface area (Å²) < 4.78 is 4.42. The van der Waals surface area contributed by atoms with E-state index in [4.69, 9.17) is 4.74 Å². The Balaban J connectivity index is 1.22. The molecule has 0 saturated carbocycles. The zero-order valence-electron chi connectivity index (χ0n) is 21.1. The fourth-order valence-corrected chi connectivity index (χ4v) is 7.83. The number of ether oxygens (including phenoxy) is 1. The quantitative estimate of drug-likeness (QED) is 0.130. The van der Waals surface area contributed by atoms with Crippen molar-refractivity contribution in [3.8, 4) is 0 Å². The molecule has 2 amide bonds. The fourth-order valence-electron chi connectivity index (χ4n) is 6.63. The molecule has 4 aliphatic rings. The lowest BCUT2D eigenvalue weighted by molar-refractivity contribution is -0.122. The van der Waals surface area contributed by atoms with Gasteiger partial charge in [-0.15, -0.1) is 0 Å². The number of nitrogens with zero attached hydrogens (tertiary/aromatic N) is 1. The van der Waals surface area contributed by atoms with E-state index < -0.39 is 28.7 Å². The molecular formula is C33H22BrNO5. The van der Waals surface area contributed by atoms with E-state index in [1.54, 1.807) is 42.5 Å². The molecule has 0 spiro atoms. The van der Waals surface area contributed by atoms with Gasteiger partial charge in [0, 0.05) is 11.5 Å². The minimum atomic E-state index is -0.852. The first kappa shape index (κ1) is 24.7. The normalized spacial score (nSPS) is 23.8. The molecule has 1 heterocycles. The first-order chi connectivity index (χ1) is 19.4. The number of amides is 2. The number of imide groups is 1. The van der Waals surface area contributed by atoms with E-state index >= 15 is 0 Å². The monoisotopic (exact) mass is 591 g/mol. The van der Waals surface area contributed by atoms with Crippen LogP contribution in [0, 0.1) is 11.8 Å². The maximum atomic E-state index is 14.1. The average molecular weight is 592 g/mol. The average Bonchev–Trinajstić information content (AvgIpc) is 3.27. The first-order valence-electron chi connectivity index (χ1n) is 13.0. The summed E-state index contributed by atoms with van der Waals surface area (Å²) >= 11 is 3.99. The van der Waals surface area contributed by atoms with Gasteiger partial charge in [-0.3, -0.25) is 14.4 Å². The highest BCUT2D eigenvalue weighted by Gasteiger charge is 2.67. The smallest absolute Gasteiger partial charge is 0.338 e. The summed E-state index contributed by atoms with van der Waals surface area (Å²) in [6, 6.07) is 30.8. The number of carbonyl (C=O) groups is 4. The molecule has 7 heteroatoms. The molecule has 40 heavy (non-hydrogen) atoms. The zero-order chi connectivity index (χ0) is 27.6. The summed E-state index contributed by atoms with van der Waals surface area (Å²) in [5.41, 5.74) is 4.99. The fraction of sp³-hybridized carbons (Fsp3) is 0.152. The van der Waals surface area contributed by atoms with Crippen molar-refractivity contribution in [2.45, 2.75) is 10.2 Å². The van der Waals surface area contributed by atoms with Crippen LogP contribution in [0.15, 0.2) is 103 Å². The van der Waals surface area contributed by atoms with Crippen LogP contribution in [0.2, 0.25) is 0 Å². The number of halogens is 1. The van der Waals surface area contributed by atoms with Crippen LogP contribution in [0.1, 0.15) is 48.9 Å². The number of carbonyl (C=O) groups excluding carboxylic acids is 4. The molecule has 2 atom stereocenters. The molecule has 1 saturated heterocycles. The van der Waals surface area contributed by atoms with Gasteiger partial charge in [0.2, 0.25) is 11.8 Å². The molecule has 196 valence electrons. The molecule has 6 nitrogen and oxygen atoms in total. The van der Waals surface area contributed by atoms with Crippen molar-refractivity contribution in [1.82, 2.24) is 0 Å². The number of alkyl halides is 1. The minimum Gasteiger partial charge on any atom is -0.454 e. The molecule has 3 aliphatic carbocycles. The molecule has 4 aromatic carbocycles.